The minimum atomic E-state index is -0.177. The Morgan fingerprint density at radius 1 is 1.19 bits per heavy atom. The Labute approximate surface area is 159 Å². The molecule has 3 amide bonds. The van der Waals surface area contributed by atoms with Gasteiger partial charge in [0.25, 0.3) is 0 Å². The summed E-state index contributed by atoms with van der Waals surface area (Å²) in [7, 11) is 0. The van der Waals surface area contributed by atoms with Gasteiger partial charge < -0.3 is 15.1 Å². The molecule has 1 saturated heterocycles. The number of nitrogens with one attached hydrogen (secondary N) is 1. The largest absolute Gasteiger partial charge is 0.334 e. The third-order valence-electron chi connectivity index (χ3n) is 6.04. The second-order valence-corrected chi connectivity index (χ2v) is 7.74. The molecule has 2 fully saturated rings. The lowest BCUT2D eigenvalue weighted by Crippen LogP contribution is -2.65. The van der Waals surface area contributed by atoms with Gasteiger partial charge in [0.2, 0.25) is 5.91 Å². The molecule has 27 heavy (non-hydrogen) atoms. The first-order valence-electron chi connectivity index (χ1n) is 9.81. The van der Waals surface area contributed by atoms with E-state index in [4.69, 9.17) is 0 Å². The Morgan fingerprint density at radius 2 is 2.00 bits per heavy atom. The number of amides is 3. The van der Waals surface area contributed by atoms with Crippen LogP contribution in [-0.2, 0) is 11.3 Å². The summed E-state index contributed by atoms with van der Waals surface area (Å²) in [5.41, 5.74) is 1.83. The van der Waals surface area contributed by atoms with E-state index in [1.165, 1.54) is 6.42 Å². The molecule has 0 bridgehead atoms. The van der Waals surface area contributed by atoms with E-state index in [9.17, 15) is 9.59 Å². The summed E-state index contributed by atoms with van der Waals surface area (Å²) in [5, 5.41) is 7.36. The molecular weight excluding hydrogens is 342 g/mol. The number of rotatable bonds is 2. The summed E-state index contributed by atoms with van der Waals surface area (Å²) in [6.45, 7) is 3.94. The highest BCUT2D eigenvalue weighted by Crippen LogP contribution is 2.36. The molecule has 144 valence electrons. The van der Waals surface area contributed by atoms with Gasteiger partial charge in [-0.25, -0.2) is 9.31 Å². The summed E-state index contributed by atoms with van der Waals surface area (Å²) in [4.78, 5) is 28.9. The van der Waals surface area contributed by atoms with Gasteiger partial charge in [-0.2, -0.15) is 5.10 Å². The third-order valence-corrected chi connectivity index (χ3v) is 6.04. The van der Waals surface area contributed by atoms with Gasteiger partial charge in [-0.1, -0.05) is 25.3 Å². The van der Waals surface area contributed by atoms with Gasteiger partial charge in [-0.15, -0.1) is 0 Å². The Morgan fingerprint density at radius 3 is 2.78 bits per heavy atom. The van der Waals surface area contributed by atoms with E-state index in [0.717, 1.165) is 36.8 Å². The first kappa shape index (κ1) is 17.8. The molecule has 1 spiro atoms. The van der Waals surface area contributed by atoms with Gasteiger partial charge in [-0.3, -0.25) is 4.79 Å². The molecule has 7 heteroatoms. The number of piperazine rings is 1. The monoisotopic (exact) mass is 369 g/mol. The molecule has 0 aromatic carbocycles. The minimum absolute atomic E-state index is 0.0570. The van der Waals surface area contributed by atoms with E-state index < -0.39 is 0 Å². The zero-order valence-corrected chi connectivity index (χ0v) is 15.9. The average Bonchev–Trinajstić information content (AvgIpc) is 3.09. The average molecular weight is 369 g/mol. The number of hydrogen-bond acceptors (Lipinski definition) is 3. The molecule has 0 unspecified atom stereocenters. The van der Waals surface area contributed by atoms with E-state index in [1.807, 2.05) is 38.7 Å². The van der Waals surface area contributed by atoms with Crippen molar-refractivity contribution in [1.29, 1.82) is 0 Å². The Balaban J connectivity index is 1.43. The molecule has 1 saturated carbocycles. The van der Waals surface area contributed by atoms with Crippen LogP contribution in [0.25, 0.3) is 5.52 Å². The molecule has 2 aliphatic rings. The van der Waals surface area contributed by atoms with Crippen molar-refractivity contribution >= 4 is 17.5 Å². The maximum Gasteiger partial charge on any atom is 0.317 e. The van der Waals surface area contributed by atoms with Crippen molar-refractivity contribution in [3.8, 4) is 0 Å². The Kier molecular flexibility index (Phi) is 4.76. The highest BCUT2D eigenvalue weighted by Gasteiger charge is 2.44. The maximum absolute atomic E-state index is 12.8. The second kappa shape index (κ2) is 7.21. The number of carbonyl (C=O) groups is 2. The number of pyridine rings is 1. The van der Waals surface area contributed by atoms with Gasteiger partial charge in [-0.05, 0) is 25.0 Å². The first-order valence-corrected chi connectivity index (χ1v) is 9.81. The summed E-state index contributed by atoms with van der Waals surface area (Å²) in [5.74, 6) is 0.128. The van der Waals surface area contributed by atoms with E-state index in [1.54, 1.807) is 13.1 Å². The quantitative estimate of drug-likeness (QED) is 0.884. The van der Waals surface area contributed by atoms with Gasteiger partial charge in [0.1, 0.15) is 0 Å². The van der Waals surface area contributed by atoms with Crippen LogP contribution in [0.4, 0.5) is 4.79 Å². The van der Waals surface area contributed by atoms with Crippen molar-refractivity contribution < 1.29 is 9.59 Å². The predicted octanol–water partition coefficient (Wildman–Crippen LogP) is 2.41. The molecule has 1 N–H and O–H groups in total. The van der Waals surface area contributed by atoms with Crippen LogP contribution in [0.2, 0.25) is 0 Å². The lowest BCUT2D eigenvalue weighted by Gasteiger charge is -2.52. The highest BCUT2D eigenvalue weighted by atomic mass is 16.2. The summed E-state index contributed by atoms with van der Waals surface area (Å²) < 4.78 is 1.81. The molecule has 3 heterocycles. The molecular formula is C20H27N5O2. The van der Waals surface area contributed by atoms with Crippen molar-refractivity contribution in [1.82, 2.24) is 24.7 Å². The molecule has 4 rings (SSSR count). The topological polar surface area (TPSA) is 70.0 Å². The third kappa shape index (κ3) is 3.38. The SMILES string of the molecule is CC(=O)N1CCN(C(=O)NCc2cnn3ccccc23)CC12CCCCC2. The summed E-state index contributed by atoms with van der Waals surface area (Å²) >= 11 is 0. The lowest BCUT2D eigenvalue weighted by atomic mass is 9.78. The summed E-state index contributed by atoms with van der Waals surface area (Å²) in [6, 6.07) is 5.84. The fourth-order valence-electron chi connectivity index (χ4n) is 4.69. The lowest BCUT2D eigenvalue weighted by molar-refractivity contribution is -0.141. The number of nitrogens with zero attached hydrogens (tertiary/aromatic N) is 4. The number of carbonyl (C=O) groups excluding carboxylic acids is 2. The molecule has 7 nitrogen and oxygen atoms in total. The number of hydrogen-bond donors (Lipinski definition) is 1. The van der Waals surface area contributed by atoms with Crippen molar-refractivity contribution in [3.05, 3.63) is 36.2 Å². The normalized spacial score (nSPS) is 19.4. The Bertz CT molecular complexity index is 840. The molecule has 2 aromatic rings. The van der Waals surface area contributed by atoms with E-state index in [2.05, 4.69) is 10.4 Å². The maximum atomic E-state index is 12.8. The highest BCUT2D eigenvalue weighted by molar-refractivity contribution is 5.77. The van der Waals surface area contributed by atoms with Crippen LogP contribution in [-0.4, -0.2) is 56.5 Å². The molecule has 1 aliphatic carbocycles. The van der Waals surface area contributed by atoms with E-state index in [0.29, 0.717) is 26.2 Å². The van der Waals surface area contributed by atoms with Crippen LogP contribution in [0.1, 0.15) is 44.6 Å². The van der Waals surface area contributed by atoms with Crippen LogP contribution in [0.5, 0.6) is 0 Å². The molecule has 1 aliphatic heterocycles. The Hall–Kier alpha value is -2.57. The van der Waals surface area contributed by atoms with Gasteiger partial charge in [0, 0.05) is 44.9 Å². The van der Waals surface area contributed by atoms with E-state index in [-0.39, 0.29) is 17.5 Å². The van der Waals surface area contributed by atoms with Crippen LogP contribution in [0, 0.1) is 0 Å². The van der Waals surface area contributed by atoms with E-state index >= 15 is 0 Å². The zero-order valence-electron chi connectivity index (χ0n) is 15.9. The minimum Gasteiger partial charge on any atom is -0.334 e. The van der Waals surface area contributed by atoms with Crippen molar-refractivity contribution in [2.24, 2.45) is 0 Å². The number of fused-ring (bicyclic) bond motifs is 1. The van der Waals surface area contributed by atoms with Gasteiger partial charge in [0.05, 0.1) is 17.3 Å². The molecule has 0 radical (unpaired) electrons. The van der Waals surface area contributed by atoms with Crippen molar-refractivity contribution in [3.63, 3.8) is 0 Å². The number of aromatic nitrogens is 2. The van der Waals surface area contributed by atoms with Gasteiger partial charge in [0.15, 0.2) is 0 Å². The van der Waals surface area contributed by atoms with Crippen molar-refractivity contribution in [2.45, 2.75) is 51.1 Å². The summed E-state index contributed by atoms with van der Waals surface area (Å²) in [6.07, 6.45) is 9.15. The van der Waals surface area contributed by atoms with Crippen LogP contribution in [0.15, 0.2) is 30.6 Å². The molecule has 0 atom stereocenters. The fraction of sp³-hybridized carbons (Fsp3) is 0.550. The smallest absolute Gasteiger partial charge is 0.317 e. The first-order chi connectivity index (χ1) is 13.1. The second-order valence-electron chi connectivity index (χ2n) is 7.74. The predicted molar refractivity (Wildman–Crippen MR) is 102 cm³/mol. The zero-order chi connectivity index (χ0) is 18.9. The molecule has 2 aromatic heterocycles. The van der Waals surface area contributed by atoms with Crippen LogP contribution in [0.3, 0.4) is 0 Å². The van der Waals surface area contributed by atoms with Crippen LogP contribution >= 0.6 is 0 Å². The standard InChI is InChI=1S/C20H27N5O2/c1-16(26)24-12-11-23(15-20(24)8-4-2-5-9-20)19(27)21-13-17-14-22-25-10-6-3-7-18(17)25/h3,6-7,10,14H,2,4-5,8-9,11-13,15H2,1H3,(H,21,27). The van der Waals surface area contributed by atoms with Crippen LogP contribution < -0.4 is 5.32 Å². The fourth-order valence-corrected chi connectivity index (χ4v) is 4.69. The number of urea groups is 1. The van der Waals surface area contributed by atoms with Gasteiger partial charge >= 0.3 is 6.03 Å². The van der Waals surface area contributed by atoms with Crippen molar-refractivity contribution in [2.75, 3.05) is 19.6 Å².